The summed E-state index contributed by atoms with van der Waals surface area (Å²) in [7, 11) is 0. The quantitative estimate of drug-likeness (QED) is 0.626. The summed E-state index contributed by atoms with van der Waals surface area (Å²) in [5, 5.41) is 19.1. The molecular weight excluding hydrogens is 250 g/mol. The van der Waals surface area contributed by atoms with Gasteiger partial charge in [-0.1, -0.05) is 0 Å². The standard InChI is InChI=1S/C12H17N3O4/c1-2-19-12(18)8-3-7(13)4-14-11(8)15-5-9(16)10(17)6-15/h3-4,9-10,16-17H,2,5-6,13H2,1H3. The molecule has 1 aliphatic rings. The van der Waals surface area contributed by atoms with Crippen LogP contribution in [0.5, 0.6) is 0 Å². The van der Waals surface area contributed by atoms with E-state index in [4.69, 9.17) is 10.5 Å². The predicted molar refractivity (Wildman–Crippen MR) is 68.8 cm³/mol. The zero-order chi connectivity index (χ0) is 14.0. The molecule has 1 saturated heterocycles. The smallest absolute Gasteiger partial charge is 0.341 e. The average Bonchev–Trinajstić information content (AvgIpc) is 2.69. The van der Waals surface area contributed by atoms with Crippen LogP contribution in [0, 0.1) is 0 Å². The number of rotatable bonds is 3. The van der Waals surface area contributed by atoms with E-state index in [0.29, 0.717) is 11.5 Å². The second-order valence-corrected chi connectivity index (χ2v) is 4.40. The third kappa shape index (κ3) is 2.77. The van der Waals surface area contributed by atoms with Gasteiger partial charge in [0.2, 0.25) is 0 Å². The first-order chi connectivity index (χ1) is 9.02. The van der Waals surface area contributed by atoms with E-state index in [-0.39, 0.29) is 25.3 Å². The molecule has 2 unspecified atom stereocenters. The molecule has 2 rings (SSSR count). The van der Waals surface area contributed by atoms with Crippen LogP contribution in [0.3, 0.4) is 0 Å². The number of aromatic nitrogens is 1. The Morgan fingerprint density at radius 3 is 2.74 bits per heavy atom. The fourth-order valence-electron chi connectivity index (χ4n) is 2.03. The fourth-order valence-corrected chi connectivity index (χ4v) is 2.03. The highest BCUT2D eigenvalue weighted by molar-refractivity contribution is 5.95. The molecular formula is C12H17N3O4. The molecule has 1 fully saturated rings. The van der Waals surface area contributed by atoms with Crippen molar-refractivity contribution in [2.24, 2.45) is 0 Å². The topological polar surface area (TPSA) is 109 Å². The fraction of sp³-hybridized carbons (Fsp3) is 0.500. The number of hydrogen-bond donors (Lipinski definition) is 3. The summed E-state index contributed by atoms with van der Waals surface area (Å²) in [5.41, 5.74) is 6.22. The van der Waals surface area contributed by atoms with Gasteiger partial charge in [-0.2, -0.15) is 0 Å². The zero-order valence-corrected chi connectivity index (χ0v) is 10.6. The van der Waals surface area contributed by atoms with Gasteiger partial charge in [-0.3, -0.25) is 0 Å². The molecule has 0 aromatic carbocycles. The van der Waals surface area contributed by atoms with E-state index in [0.717, 1.165) is 0 Å². The molecule has 0 amide bonds. The van der Waals surface area contributed by atoms with Crippen molar-refractivity contribution < 1.29 is 19.7 Å². The van der Waals surface area contributed by atoms with Gasteiger partial charge in [-0.15, -0.1) is 0 Å². The van der Waals surface area contributed by atoms with Gasteiger partial charge in [0.05, 0.1) is 30.7 Å². The Morgan fingerprint density at radius 1 is 1.53 bits per heavy atom. The summed E-state index contributed by atoms with van der Waals surface area (Å²) in [6.07, 6.45) is -0.279. The Bertz CT molecular complexity index is 470. The molecule has 2 heterocycles. The van der Waals surface area contributed by atoms with Gasteiger partial charge in [0.15, 0.2) is 0 Å². The van der Waals surface area contributed by atoms with E-state index in [1.165, 1.54) is 12.3 Å². The number of hydrogen-bond acceptors (Lipinski definition) is 7. The number of carbonyl (C=O) groups is 1. The first-order valence-corrected chi connectivity index (χ1v) is 6.06. The number of β-amino-alcohol motifs (C(OH)–C–C–N with tert-alkyl or cyclic N) is 2. The summed E-state index contributed by atoms with van der Waals surface area (Å²) in [6.45, 7) is 2.38. The second kappa shape index (κ2) is 5.41. The van der Waals surface area contributed by atoms with Crippen LogP contribution < -0.4 is 10.6 Å². The molecule has 0 radical (unpaired) electrons. The van der Waals surface area contributed by atoms with Crippen molar-refractivity contribution in [1.29, 1.82) is 0 Å². The van der Waals surface area contributed by atoms with E-state index in [1.807, 2.05) is 0 Å². The van der Waals surface area contributed by atoms with Crippen LogP contribution in [0.2, 0.25) is 0 Å². The van der Waals surface area contributed by atoms with Gasteiger partial charge in [-0.25, -0.2) is 9.78 Å². The number of aliphatic hydroxyl groups is 2. The van der Waals surface area contributed by atoms with Crippen LogP contribution in [0.15, 0.2) is 12.3 Å². The molecule has 19 heavy (non-hydrogen) atoms. The van der Waals surface area contributed by atoms with Gasteiger partial charge in [0.1, 0.15) is 11.4 Å². The van der Waals surface area contributed by atoms with Crippen molar-refractivity contribution in [3.05, 3.63) is 17.8 Å². The lowest BCUT2D eigenvalue weighted by Gasteiger charge is -2.19. The molecule has 2 atom stereocenters. The lowest BCUT2D eigenvalue weighted by Crippen LogP contribution is -2.25. The molecule has 7 nitrogen and oxygen atoms in total. The van der Waals surface area contributed by atoms with Crippen molar-refractivity contribution in [3.8, 4) is 0 Å². The SMILES string of the molecule is CCOC(=O)c1cc(N)cnc1N1CC(O)C(O)C1. The van der Waals surface area contributed by atoms with Gasteiger partial charge >= 0.3 is 5.97 Å². The third-order valence-corrected chi connectivity index (χ3v) is 2.94. The molecule has 1 aromatic heterocycles. The highest BCUT2D eigenvalue weighted by atomic mass is 16.5. The van der Waals surface area contributed by atoms with E-state index in [1.54, 1.807) is 11.8 Å². The summed E-state index contributed by atoms with van der Waals surface area (Å²) < 4.78 is 4.95. The number of nitrogens with two attached hydrogens (primary N) is 1. The minimum absolute atomic E-state index is 0.213. The van der Waals surface area contributed by atoms with Crippen molar-refractivity contribution >= 4 is 17.5 Å². The van der Waals surface area contributed by atoms with Crippen molar-refractivity contribution in [2.45, 2.75) is 19.1 Å². The monoisotopic (exact) mass is 267 g/mol. The highest BCUT2D eigenvalue weighted by Crippen LogP contribution is 2.25. The van der Waals surface area contributed by atoms with Crippen LogP contribution in [0.4, 0.5) is 11.5 Å². The minimum Gasteiger partial charge on any atom is -0.462 e. The van der Waals surface area contributed by atoms with Crippen LogP contribution in [-0.4, -0.2) is 53.1 Å². The average molecular weight is 267 g/mol. The molecule has 1 aromatic rings. The maximum Gasteiger partial charge on any atom is 0.341 e. The van der Waals surface area contributed by atoms with Crippen LogP contribution in [0.1, 0.15) is 17.3 Å². The first kappa shape index (κ1) is 13.6. The molecule has 1 aliphatic heterocycles. The van der Waals surface area contributed by atoms with Gasteiger partial charge in [0.25, 0.3) is 0 Å². The number of nitrogen functional groups attached to an aromatic ring is 1. The zero-order valence-electron chi connectivity index (χ0n) is 10.6. The lowest BCUT2D eigenvalue weighted by molar-refractivity contribution is 0.0526. The number of anilines is 2. The van der Waals surface area contributed by atoms with Crippen LogP contribution >= 0.6 is 0 Å². The normalized spacial score (nSPS) is 22.6. The molecule has 0 spiro atoms. The highest BCUT2D eigenvalue weighted by Gasteiger charge is 2.32. The number of ether oxygens (including phenoxy) is 1. The summed E-state index contributed by atoms with van der Waals surface area (Å²) in [5.74, 6) is -0.156. The Labute approximate surface area is 110 Å². The lowest BCUT2D eigenvalue weighted by atomic mass is 10.2. The van der Waals surface area contributed by atoms with E-state index in [9.17, 15) is 15.0 Å². The number of aliphatic hydroxyl groups excluding tert-OH is 2. The molecule has 0 bridgehead atoms. The number of nitrogens with zero attached hydrogens (tertiary/aromatic N) is 2. The Morgan fingerprint density at radius 2 is 2.16 bits per heavy atom. The van der Waals surface area contributed by atoms with E-state index in [2.05, 4.69) is 4.98 Å². The van der Waals surface area contributed by atoms with Crippen molar-refractivity contribution in [1.82, 2.24) is 4.98 Å². The number of pyridine rings is 1. The van der Waals surface area contributed by atoms with E-state index >= 15 is 0 Å². The van der Waals surface area contributed by atoms with E-state index < -0.39 is 18.2 Å². The molecule has 104 valence electrons. The molecule has 0 aliphatic carbocycles. The van der Waals surface area contributed by atoms with Crippen molar-refractivity contribution in [2.75, 3.05) is 30.3 Å². The number of esters is 1. The predicted octanol–water partition coefficient (Wildman–Crippen LogP) is -0.618. The van der Waals surface area contributed by atoms with Gasteiger partial charge in [-0.05, 0) is 13.0 Å². The maximum atomic E-state index is 11.9. The first-order valence-electron chi connectivity index (χ1n) is 6.06. The minimum atomic E-state index is -0.852. The van der Waals surface area contributed by atoms with Crippen LogP contribution in [-0.2, 0) is 4.74 Å². The molecule has 4 N–H and O–H groups in total. The second-order valence-electron chi connectivity index (χ2n) is 4.40. The molecule has 7 heteroatoms. The van der Waals surface area contributed by atoms with Crippen molar-refractivity contribution in [3.63, 3.8) is 0 Å². The summed E-state index contributed by atoms with van der Waals surface area (Å²) in [4.78, 5) is 17.6. The largest absolute Gasteiger partial charge is 0.462 e. The summed E-state index contributed by atoms with van der Waals surface area (Å²) >= 11 is 0. The Kier molecular flexibility index (Phi) is 3.87. The number of carbonyl (C=O) groups excluding carboxylic acids is 1. The van der Waals surface area contributed by atoms with Gasteiger partial charge < -0.3 is 25.6 Å². The Hall–Kier alpha value is -1.86. The van der Waals surface area contributed by atoms with Crippen LogP contribution in [0.25, 0.3) is 0 Å². The van der Waals surface area contributed by atoms with Gasteiger partial charge in [0, 0.05) is 13.1 Å². The maximum absolute atomic E-state index is 11.9. The third-order valence-electron chi connectivity index (χ3n) is 2.94. The summed E-state index contributed by atoms with van der Waals surface area (Å²) in [6, 6.07) is 1.48. The Balaban J connectivity index is 2.32. The molecule has 0 saturated carbocycles.